The van der Waals surface area contributed by atoms with Crippen LogP contribution in [0.3, 0.4) is 0 Å². The van der Waals surface area contributed by atoms with Crippen LogP contribution in [0.15, 0.2) is 24.3 Å². The maximum atomic E-state index is 12.8. The first-order valence-corrected chi connectivity index (χ1v) is 7.03. The van der Waals surface area contributed by atoms with E-state index < -0.39 is 0 Å². The highest BCUT2D eigenvalue weighted by atomic mass is 35.5. The maximum absolute atomic E-state index is 12.8. The molecule has 0 spiro atoms. The molecule has 1 aromatic rings. The highest BCUT2D eigenvalue weighted by molar-refractivity contribution is 5.85. The molecule has 2 atom stereocenters. The molecule has 2 unspecified atom stereocenters. The average Bonchev–Trinajstić information content (AvgIpc) is 2.42. The van der Waals surface area contributed by atoms with Crippen molar-refractivity contribution >= 4 is 18.3 Å². The van der Waals surface area contributed by atoms with Gasteiger partial charge >= 0.3 is 0 Å². The lowest BCUT2D eigenvalue weighted by Crippen LogP contribution is -2.48. The van der Waals surface area contributed by atoms with E-state index in [-0.39, 0.29) is 30.2 Å². The van der Waals surface area contributed by atoms with Gasteiger partial charge in [-0.05, 0) is 30.0 Å². The Morgan fingerprint density at radius 3 is 2.71 bits per heavy atom. The molecule has 3 N–H and O–H groups in total. The normalized spacial score (nSPS) is 22.4. The molecule has 0 aromatic heterocycles. The minimum absolute atomic E-state index is 0. The van der Waals surface area contributed by atoms with Crippen molar-refractivity contribution in [3.8, 4) is 0 Å². The maximum Gasteiger partial charge on any atom is 0.234 e. The number of piperidine rings is 1. The van der Waals surface area contributed by atoms with Gasteiger partial charge in [0.05, 0.1) is 6.54 Å². The zero-order valence-corrected chi connectivity index (χ0v) is 13.0. The number of halogens is 2. The number of nitrogens with one attached hydrogen (secondary N) is 1. The summed E-state index contributed by atoms with van der Waals surface area (Å²) < 4.78 is 12.8. The van der Waals surface area contributed by atoms with Crippen molar-refractivity contribution in [2.75, 3.05) is 19.6 Å². The van der Waals surface area contributed by atoms with Crippen LogP contribution in [0, 0.1) is 11.7 Å². The van der Waals surface area contributed by atoms with E-state index >= 15 is 0 Å². The molecule has 1 amide bonds. The molecule has 1 fully saturated rings. The number of nitrogens with two attached hydrogens (primary N) is 1. The van der Waals surface area contributed by atoms with Crippen LogP contribution in [0.25, 0.3) is 0 Å². The van der Waals surface area contributed by atoms with E-state index in [9.17, 15) is 9.18 Å². The molecule has 118 valence electrons. The van der Waals surface area contributed by atoms with E-state index in [1.807, 2.05) is 0 Å². The fraction of sp³-hybridized carbons (Fsp3) is 0.533. The molecule has 0 saturated carbocycles. The van der Waals surface area contributed by atoms with E-state index in [0.29, 0.717) is 19.0 Å². The van der Waals surface area contributed by atoms with Crippen LogP contribution in [-0.4, -0.2) is 36.5 Å². The van der Waals surface area contributed by atoms with Crippen LogP contribution in [0.4, 0.5) is 4.39 Å². The second-order valence-electron chi connectivity index (χ2n) is 5.57. The Morgan fingerprint density at radius 2 is 2.10 bits per heavy atom. The van der Waals surface area contributed by atoms with Gasteiger partial charge in [0.15, 0.2) is 0 Å². The predicted octanol–water partition coefficient (Wildman–Crippen LogP) is 1.53. The molecule has 1 aromatic carbocycles. The van der Waals surface area contributed by atoms with Crippen molar-refractivity contribution in [3.05, 3.63) is 35.6 Å². The molecule has 1 saturated heterocycles. The lowest BCUT2D eigenvalue weighted by atomic mass is 9.95. The zero-order valence-electron chi connectivity index (χ0n) is 12.2. The molecule has 1 heterocycles. The summed E-state index contributed by atoms with van der Waals surface area (Å²) >= 11 is 0. The minimum Gasteiger partial charge on any atom is -0.351 e. The second-order valence-corrected chi connectivity index (χ2v) is 5.57. The van der Waals surface area contributed by atoms with Gasteiger partial charge in [-0.1, -0.05) is 19.1 Å². The first-order valence-electron chi connectivity index (χ1n) is 7.03. The molecule has 4 nitrogen and oxygen atoms in total. The fourth-order valence-electron chi connectivity index (χ4n) is 2.46. The van der Waals surface area contributed by atoms with Gasteiger partial charge in [0, 0.05) is 25.7 Å². The lowest BCUT2D eigenvalue weighted by Gasteiger charge is -2.34. The van der Waals surface area contributed by atoms with E-state index in [4.69, 9.17) is 5.73 Å². The van der Waals surface area contributed by atoms with Crippen LogP contribution >= 0.6 is 12.4 Å². The van der Waals surface area contributed by atoms with Gasteiger partial charge in [-0.2, -0.15) is 0 Å². The Balaban J connectivity index is 0.00000220. The third-order valence-corrected chi connectivity index (χ3v) is 3.83. The molecule has 6 heteroatoms. The number of likely N-dealkylation sites (tertiary alicyclic amines) is 1. The predicted molar refractivity (Wildman–Crippen MR) is 83.7 cm³/mol. The summed E-state index contributed by atoms with van der Waals surface area (Å²) in [6.07, 6.45) is 0.937. The number of carbonyl (C=O) groups is 1. The fourth-order valence-corrected chi connectivity index (χ4v) is 2.46. The Hall–Kier alpha value is -1.17. The van der Waals surface area contributed by atoms with Crippen molar-refractivity contribution in [1.29, 1.82) is 0 Å². The number of rotatable bonds is 4. The Morgan fingerprint density at radius 1 is 1.43 bits per heavy atom. The van der Waals surface area contributed by atoms with Crippen LogP contribution in [0.2, 0.25) is 0 Å². The standard InChI is InChI=1S/C15H22FN3O.ClH/c1-11-9-19(7-6-14(11)17)10-15(20)18-8-12-2-4-13(16)5-3-12;/h2-5,11,14H,6-10,17H2,1H3,(H,18,20);1H. The summed E-state index contributed by atoms with van der Waals surface area (Å²) in [5, 5.41) is 2.86. The van der Waals surface area contributed by atoms with Crippen molar-refractivity contribution in [3.63, 3.8) is 0 Å². The van der Waals surface area contributed by atoms with Crippen LogP contribution in [0.5, 0.6) is 0 Å². The number of hydrogen-bond donors (Lipinski definition) is 2. The quantitative estimate of drug-likeness (QED) is 0.886. The van der Waals surface area contributed by atoms with Gasteiger partial charge in [-0.3, -0.25) is 9.69 Å². The van der Waals surface area contributed by atoms with Crippen molar-refractivity contribution in [2.24, 2.45) is 11.7 Å². The number of benzene rings is 1. The largest absolute Gasteiger partial charge is 0.351 e. The second kappa shape index (κ2) is 8.32. The molecule has 0 bridgehead atoms. The van der Waals surface area contributed by atoms with Gasteiger partial charge in [0.25, 0.3) is 0 Å². The SMILES string of the molecule is CC1CN(CC(=O)NCc2ccc(F)cc2)CCC1N.Cl. The number of nitrogens with zero attached hydrogens (tertiary/aromatic N) is 1. The van der Waals surface area contributed by atoms with Gasteiger partial charge in [-0.25, -0.2) is 4.39 Å². The summed E-state index contributed by atoms with van der Waals surface area (Å²) in [6.45, 7) is 4.69. The molecule has 2 rings (SSSR count). The van der Waals surface area contributed by atoms with Gasteiger partial charge in [0.2, 0.25) is 5.91 Å². The third kappa shape index (κ3) is 5.61. The summed E-state index contributed by atoms with van der Waals surface area (Å²) in [4.78, 5) is 14.0. The number of carbonyl (C=O) groups excluding carboxylic acids is 1. The Kier molecular flexibility index (Phi) is 7.08. The van der Waals surface area contributed by atoms with Crippen molar-refractivity contribution in [2.45, 2.75) is 25.9 Å². The molecule has 0 aliphatic carbocycles. The van der Waals surface area contributed by atoms with Crippen LogP contribution < -0.4 is 11.1 Å². The third-order valence-electron chi connectivity index (χ3n) is 3.83. The first-order chi connectivity index (χ1) is 9.54. The summed E-state index contributed by atoms with van der Waals surface area (Å²) in [5.74, 6) is 0.157. The minimum atomic E-state index is -0.265. The smallest absolute Gasteiger partial charge is 0.234 e. The molecule has 1 aliphatic heterocycles. The van der Waals surface area contributed by atoms with Gasteiger partial charge in [0.1, 0.15) is 5.82 Å². The van der Waals surface area contributed by atoms with Crippen molar-refractivity contribution < 1.29 is 9.18 Å². The zero-order chi connectivity index (χ0) is 14.5. The monoisotopic (exact) mass is 315 g/mol. The number of amides is 1. The van der Waals surface area contributed by atoms with E-state index in [1.165, 1.54) is 12.1 Å². The number of hydrogen-bond acceptors (Lipinski definition) is 3. The molecular formula is C15H23ClFN3O. The Labute approximate surface area is 131 Å². The molecule has 1 aliphatic rings. The van der Waals surface area contributed by atoms with E-state index in [2.05, 4.69) is 17.1 Å². The first kappa shape index (κ1) is 17.9. The Bertz CT molecular complexity index is 455. The molecule has 21 heavy (non-hydrogen) atoms. The highest BCUT2D eigenvalue weighted by Gasteiger charge is 2.24. The molecular weight excluding hydrogens is 293 g/mol. The van der Waals surface area contributed by atoms with E-state index in [0.717, 1.165) is 25.1 Å². The van der Waals surface area contributed by atoms with E-state index in [1.54, 1.807) is 12.1 Å². The van der Waals surface area contributed by atoms with Gasteiger partial charge in [-0.15, -0.1) is 12.4 Å². The summed E-state index contributed by atoms with van der Waals surface area (Å²) in [6, 6.07) is 6.40. The highest BCUT2D eigenvalue weighted by Crippen LogP contribution is 2.14. The van der Waals surface area contributed by atoms with Crippen molar-refractivity contribution in [1.82, 2.24) is 10.2 Å². The van der Waals surface area contributed by atoms with Crippen LogP contribution in [-0.2, 0) is 11.3 Å². The average molecular weight is 316 g/mol. The van der Waals surface area contributed by atoms with Gasteiger partial charge < -0.3 is 11.1 Å². The summed E-state index contributed by atoms with van der Waals surface area (Å²) in [5.41, 5.74) is 6.86. The molecule has 0 radical (unpaired) electrons. The lowest BCUT2D eigenvalue weighted by molar-refractivity contribution is -0.122. The van der Waals surface area contributed by atoms with Crippen LogP contribution in [0.1, 0.15) is 18.9 Å². The topological polar surface area (TPSA) is 58.4 Å². The summed E-state index contributed by atoms with van der Waals surface area (Å²) in [7, 11) is 0.